The second-order valence-corrected chi connectivity index (χ2v) is 10.0. The van der Waals surface area contributed by atoms with Crippen LogP contribution in [0.4, 0.5) is 17.6 Å². The van der Waals surface area contributed by atoms with Crippen LogP contribution >= 0.6 is 0 Å². The predicted molar refractivity (Wildman–Crippen MR) is 136 cm³/mol. The molecule has 5 rings (SSSR count). The molecule has 4 aromatic rings. The summed E-state index contributed by atoms with van der Waals surface area (Å²) in [4.78, 5) is 24.7. The van der Waals surface area contributed by atoms with Gasteiger partial charge in [0.1, 0.15) is 17.1 Å². The molecular formula is C25H30N8O3. The first-order chi connectivity index (χ1) is 17.2. The number of fused-ring (bicyclic) bond motifs is 1. The lowest BCUT2D eigenvalue weighted by atomic mass is 9.92. The second kappa shape index (κ2) is 9.23. The summed E-state index contributed by atoms with van der Waals surface area (Å²) in [5.74, 6) is 2.97. The topological polar surface area (TPSA) is 121 Å². The molecular weight excluding hydrogens is 460 g/mol. The number of pyridine rings is 2. The van der Waals surface area contributed by atoms with Gasteiger partial charge in [0, 0.05) is 61.9 Å². The smallest absolute Gasteiger partial charge is 0.222 e. The molecule has 0 aromatic carbocycles. The Morgan fingerprint density at radius 2 is 1.97 bits per heavy atom. The fraction of sp³-hybridized carbons (Fsp3) is 0.400. The van der Waals surface area contributed by atoms with Crippen molar-refractivity contribution in [2.45, 2.75) is 39.7 Å². The number of hydrogen-bond acceptors (Lipinski definition) is 8. The Labute approximate surface area is 208 Å². The van der Waals surface area contributed by atoms with Gasteiger partial charge < -0.3 is 20.1 Å². The normalized spacial score (nSPS) is 14.0. The van der Waals surface area contributed by atoms with Crippen molar-refractivity contribution in [2.75, 3.05) is 23.8 Å². The third-order valence-corrected chi connectivity index (χ3v) is 5.88. The van der Waals surface area contributed by atoms with E-state index in [4.69, 9.17) is 19.6 Å². The Balaban J connectivity index is 1.38. The van der Waals surface area contributed by atoms with Crippen LogP contribution in [-0.4, -0.2) is 48.4 Å². The Kier molecular flexibility index (Phi) is 6.09. The number of amides is 1. The molecule has 0 unspecified atom stereocenters. The quantitative estimate of drug-likeness (QED) is 0.399. The molecule has 1 amide bonds. The number of carbonyl (C=O) groups is 1. The summed E-state index contributed by atoms with van der Waals surface area (Å²) in [6.45, 7) is 10.4. The Bertz CT molecular complexity index is 1410. The molecule has 0 aliphatic carbocycles. The van der Waals surface area contributed by atoms with Gasteiger partial charge in [0.25, 0.3) is 0 Å². The van der Waals surface area contributed by atoms with Crippen LogP contribution in [0.3, 0.4) is 0 Å². The van der Waals surface area contributed by atoms with E-state index in [1.165, 1.54) is 6.92 Å². The molecule has 11 heteroatoms. The summed E-state index contributed by atoms with van der Waals surface area (Å²) in [5.41, 5.74) is 2.49. The van der Waals surface area contributed by atoms with E-state index >= 15 is 0 Å². The number of nitrogens with zero attached hydrogens (tertiary/aromatic N) is 6. The average molecular weight is 491 g/mol. The fourth-order valence-corrected chi connectivity index (χ4v) is 4.03. The van der Waals surface area contributed by atoms with Gasteiger partial charge in [-0.25, -0.2) is 9.97 Å². The molecule has 0 bridgehead atoms. The number of aryl methyl sites for hydroxylation is 1. The Morgan fingerprint density at radius 3 is 2.67 bits per heavy atom. The first-order valence-electron chi connectivity index (χ1n) is 11.8. The maximum Gasteiger partial charge on any atom is 0.222 e. The molecule has 5 heterocycles. The maximum atomic E-state index is 11.3. The van der Waals surface area contributed by atoms with Crippen molar-refractivity contribution in [2.24, 2.45) is 13.0 Å². The molecule has 1 saturated heterocycles. The number of carbonyl (C=O) groups excluding carboxylic acids is 1. The zero-order valence-corrected chi connectivity index (χ0v) is 21.1. The van der Waals surface area contributed by atoms with Crippen molar-refractivity contribution >= 4 is 34.7 Å². The summed E-state index contributed by atoms with van der Waals surface area (Å²) >= 11 is 0. The number of anilines is 3. The SMILES string of the molecule is CC(=O)Nc1cc(Oc2ccc3nc(Nc4cc(C(C)(C)C)n(CC5COC5)n4)n(C)c3n2)ccn1. The molecule has 11 nitrogen and oxygen atoms in total. The molecule has 4 aromatic heterocycles. The number of aromatic nitrogens is 6. The number of ether oxygens (including phenoxy) is 2. The van der Waals surface area contributed by atoms with Gasteiger partial charge in [-0.1, -0.05) is 20.8 Å². The van der Waals surface area contributed by atoms with Crippen molar-refractivity contribution in [1.29, 1.82) is 0 Å². The zero-order valence-electron chi connectivity index (χ0n) is 21.1. The van der Waals surface area contributed by atoms with Crippen LogP contribution in [0.15, 0.2) is 36.5 Å². The van der Waals surface area contributed by atoms with Crippen molar-refractivity contribution in [3.63, 3.8) is 0 Å². The number of rotatable bonds is 7. The van der Waals surface area contributed by atoms with E-state index in [0.29, 0.717) is 35.0 Å². The summed E-state index contributed by atoms with van der Waals surface area (Å²) in [7, 11) is 1.89. The molecule has 0 spiro atoms. The number of imidazole rings is 1. The fourth-order valence-electron chi connectivity index (χ4n) is 4.03. The summed E-state index contributed by atoms with van der Waals surface area (Å²) in [5, 5.41) is 10.8. The van der Waals surface area contributed by atoms with Gasteiger partial charge in [0.2, 0.25) is 17.7 Å². The van der Waals surface area contributed by atoms with Crippen LogP contribution in [0.1, 0.15) is 33.4 Å². The van der Waals surface area contributed by atoms with Gasteiger partial charge in [0.15, 0.2) is 11.5 Å². The van der Waals surface area contributed by atoms with E-state index in [1.807, 2.05) is 17.7 Å². The lowest BCUT2D eigenvalue weighted by Crippen LogP contribution is -2.33. The molecule has 0 radical (unpaired) electrons. The average Bonchev–Trinajstić information content (AvgIpc) is 3.32. The van der Waals surface area contributed by atoms with E-state index in [1.54, 1.807) is 24.4 Å². The van der Waals surface area contributed by atoms with Crippen molar-refractivity contribution in [1.82, 2.24) is 29.3 Å². The first-order valence-corrected chi connectivity index (χ1v) is 11.8. The van der Waals surface area contributed by atoms with Gasteiger partial charge in [-0.3, -0.25) is 14.0 Å². The molecule has 0 atom stereocenters. The molecule has 1 fully saturated rings. The molecule has 1 aliphatic heterocycles. The van der Waals surface area contributed by atoms with Crippen molar-refractivity contribution < 1.29 is 14.3 Å². The molecule has 0 saturated carbocycles. The molecule has 188 valence electrons. The van der Waals surface area contributed by atoms with Gasteiger partial charge in [-0.15, -0.1) is 0 Å². The molecule has 1 aliphatic rings. The van der Waals surface area contributed by atoms with Crippen molar-refractivity contribution in [3.05, 3.63) is 42.2 Å². The van der Waals surface area contributed by atoms with E-state index in [-0.39, 0.29) is 11.3 Å². The highest BCUT2D eigenvalue weighted by Crippen LogP contribution is 2.29. The lowest BCUT2D eigenvalue weighted by molar-refractivity contribution is -0.114. The van der Waals surface area contributed by atoms with Crippen LogP contribution in [0.5, 0.6) is 11.6 Å². The minimum Gasteiger partial charge on any atom is -0.439 e. The van der Waals surface area contributed by atoms with E-state index < -0.39 is 0 Å². The summed E-state index contributed by atoms with van der Waals surface area (Å²) in [6.07, 6.45) is 1.56. The highest BCUT2D eigenvalue weighted by Gasteiger charge is 2.26. The van der Waals surface area contributed by atoms with Gasteiger partial charge >= 0.3 is 0 Å². The highest BCUT2D eigenvalue weighted by atomic mass is 16.5. The third kappa shape index (κ3) is 5.01. The van der Waals surface area contributed by atoms with E-state index in [0.717, 1.165) is 36.8 Å². The largest absolute Gasteiger partial charge is 0.439 e. The molecule has 2 N–H and O–H groups in total. The number of hydrogen-bond donors (Lipinski definition) is 2. The Morgan fingerprint density at radius 1 is 1.17 bits per heavy atom. The van der Waals surface area contributed by atoms with Crippen LogP contribution in [-0.2, 0) is 28.5 Å². The van der Waals surface area contributed by atoms with Gasteiger partial charge in [-0.2, -0.15) is 10.1 Å². The lowest BCUT2D eigenvalue weighted by Gasteiger charge is -2.28. The standard InChI is InChI=1S/C25H30N8O3/c1-15(34)27-20-10-17(8-9-26-20)36-22-7-6-18-23(30-22)32(5)24(28-18)29-21-11-19(25(2,3)4)33(31-21)12-16-13-35-14-16/h6-11,16H,12-14H2,1-5H3,(H,26,27,34)(H,28,29,31). The third-order valence-electron chi connectivity index (χ3n) is 5.88. The van der Waals surface area contributed by atoms with E-state index in [2.05, 4.69) is 52.1 Å². The van der Waals surface area contributed by atoms with Crippen LogP contribution in [0, 0.1) is 5.92 Å². The zero-order chi connectivity index (χ0) is 25.4. The number of nitrogens with one attached hydrogen (secondary N) is 2. The van der Waals surface area contributed by atoms with Crippen LogP contribution < -0.4 is 15.4 Å². The predicted octanol–water partition coefficient (Wildman–Crippen LogP) is 4.00. The summed E-state index contributed by atoms with van der Waals surface area (Å²) < 4.78 is 15.2. The minimum absolute atomic E-state index is 0.0511. The first kappa shape index (κ1) is 23.7. The highest BCUT2D eigenvalue weighted by molar-refractivity contribution is 5.87. The monoisotopic (exact) mass is 490 g/mol. The van der Waals surface area contributed by atoms with Crippen LogP contribution in [0.25, 0.3) is 11.2 Å². The van der Waals surface area contributed by atoms with Gasteiger partial charge in [0.05, 0.1) is 13.2 Å². The Hall–Kier alpha value is -3.99. The van der Waals surface area contributed by atoms with Crippen LogP contribution in [0.2, 0.25) is 0 Å². The maximum absolute atomic E-state index is 11.3. The molecule has 36 heavy (non-hydrogen) atoms. The van der Waals surface area contributed by atoms with Gasteiger partial charge in [-0.05, 0) is 12.1 Å². The van der Waals surface area contributed by atoms with E-state index in [9.17, 15) is 4.79 Å². The summed E-state index contributed by atoms with van der Waals surface area (Å²) in [6, 6.07) is 9.03. The van der Waals surface area contributed by atoms with Crippen molar-refractivity contribution in [3.8, 4) is 11.6 Å². The minimum atomic E-state index is -0.203. The second-order valence-electron chi connectivity index (χ2n) is 10.0.